The van der Waals surface area contributed by atoms with Crippen molar-refractivity contribution in [3.8, 4) is 0 Å². The van der Waals surface area contributed by atoms with E-state index >= 15 is 0 Å². The molecule has 0 aromatic rings. The lowest BCUT2D eigenvalue weighted by Crippen LogP contribution is -2.57. The Kier molecular flexibility index (Phi) is 4.24. The van der Waals surface area contributed by atoms with Gasteiger partial charge in [-0.15, -0.1) is 0 Å². The molecule has 3 fully saturated rings. The van der Waals surface area contributed by atoms with Crippen LogP contribution in [0.1, 0.15) is 38.5 Å². The van der Waals surface area contributed by atoms with E-state index < -0.39 is 0 Å². The second-order valence-electron chi connectivity index (χ2n) is 6.32. The van der Waals surface area contributed by atoms with E-state index in [0.29, 0.717) is 18.9 Å². The van der Waals surface area contributed by atoms with E-state index in [2.05, 4.69) is 5.32 Å². The van der Waals surface area contributed by atoms with Crippen molar-refractivity contribution in [3.05, 3.63) is 0 Å². The number of fused-ring (bicyclic) bond motifs is 1. The summed E-state index contributed by atoms with van der Waals surface area (Å²) in [5, 5.41) is 3.40. The number of rotatable bonds is 2. The largest absolute Gasteiger partial charge is 0.341 e. The quantitative estimate of drug-likeness (QED) is 0.805. The van der Waals surface area contributed by atoms with Gasteiger partial charge in [-0.3, -0.25) is 9.59 Å². The van der Waals surface area contributed by atoms with Gasteiger partial charge >= 0.3 is 0 Å². The normalized spacial score (nSPS) is 31.1. The number of carbonyl (C=O) groups is 2. The first kappa shape index (κ1) is 13.9. The molecule has 5 nitrogen and oxygen atoms in total. The summed E-state index contributed by atoms with van der Waals surface area (Å²) in [6.45, 7) is 4.00. The number of hydrogen-bond acceptors (Lipinski definition) is 3. The first-order chi connectivity index (χ1) is 9.75. The molecule has 0 aliphatic carbocycles. The van der Waals surface area contributed by atoms with Crippen LogP contribution in [0.25, 0.3) is 0 Å². The summed E-state index contributed by atoms with van der Waals surface area (Å²) in [5.74, 6) is 0.867. The molecule has 0 aromatic carbocycles. The molecule has 0 bridgehead atoms. The highest BCUT2D eigenvalue weighted by Crippen LogP contribution is 2.28. The molecule has 112 valence electrons. The number of hydrogen-bond donors (Lipinski definition) is 1. The molecular weight excluding hydrogens is 254 g/mol. The van der Waals surface area contributed by atoms with Crippen LogP contribution in [0.15, 0.2) is 0 Å². The number of nitrogens with one attached hydrogen (secondary N) is 1. The monoisotopic (exact) mass is 279 g/mol. The van der Waals surface area contributed by atoms with Crippen LogP contribution in [0.5, 0.6) is 0 Å². The number of piperidine rings is 3. The van der Waals surface area contributed by atoms with Crippen molar-refractivity contribution in [1.29, 1.82) is 0 Å². The highest BCUT2D eigenvalue weighted by atomic mass is 16.2. The molecule has 3 aliphatic heterocycles. The van der Waals surface area contributed by atoms with Gasteiger partial charge in [0.1, 0.15) is 6.54 Å². The Balaban J connectivity index is 1.64. The van der Waals surface area contributed by atoms with Crippen molar-refractivity contribution in [1.82, 2.24) is 15.1 Å². The maximum absolute atomic E-state index is 12.4. The van der Waals surface area contributed by atoms with Gasteiger partial charge in [0.15, 0.2) is 0 Å². The average molecular weight is 279 g/mol. The maximum atomic E-state index is 12.4. The molecule has 20 heavy (non-hydrogen) atoms. The number of likely N-dealkylation sites (tertiary alicyclic amines) is 2. The number of amides is 2. The van der Waals surface area contributed by atoms with Crippen LogP contribution in [0.2, 0.25) is 0 Å². The Labute approximate surface area is 120 Å². The molecule has 3 heterocycles. The zero-order chi connectivity index (χ0) is 13.9. The third-order valence-corrected chi connectivity index (χ3v) is 5.03. The Hall–Kier alpha value is -1.10. The van der Waals surface area contributed by atoms with Crippen LogP contribution in [0.3, 0.4) is 0 Å². The summed E-state index contributed by atoms with van der Waals surface area (Å²) >= 11 is 0. The minimum absolute atomic E-state index is 0.150. The van der Waals surface area contributed by atoms with Crippen molar-refractivity contribution in [3.63, 3.8) is 0 Å². The van der Waals surface area contributed by atoms with Gasteiger partial charge in [0.25, 0.3) is 0 Å². The van der Waals surface area contributed by atoms with E-state index in [1.807, 2.05) is 9.80 Å². The van der Waals surface area contributed by atoms with E-state index in [0.717, 1.165) is 51.9 Å². The molecule has 3 rings (SSSR count). The lowest BCUT2D eigenvalue weighted by Gasteiger charge is -2.44. The second kappa shape index (κ2) is 6.12. The van der Waals surface area contributed by atoms with Crippen molar-refractivity contribution >= 4 is 11.8 Å². The topological polar surface area (TPSA) is 52.7 Å². The summed E-state index contributed by atoms with van der Waals surface area (Å²) in [7, 11) is 0. The van der Waals surface area contributed by atoms with Crippen LogP contribution in [-0.2, 0) is 9.59 Å². The Morgan fingerprint density at radius 2 is 2.00 bits per heavy atom. The molecule has 0 aromatic heterocycles. The lowest BCUT2D eigenvalue weighted by atomic mass is 9.84. The highest BCUT2D eigenvalue weighted by molar-refractivity contribution is 5.85. The fourth-order valence-electron chi connectivity index (χ4n) is 3.85. The maximum Gasteiger partial charge on any atom is 0.242 e. The van der Waals surface area contributed by atoms with Gasteiger partial charge in [-0.1, -0.05) is 0 Å². The molecule has 2 atom stereocenters. The smallest absolute Gasteiger partial charge is 0.242 e. The molecule has 5 heteroatoms. The SMILES string of the molecule is O=C(CN1C(=O)CCC2CNCCC21)N1CCCCC1. The summed E-state index contributed by atoms with van der Waals surface area (Å²) in [6, 6.07) is 0.284. The van der Waals surface area contributed by atoms with Crippen molar-refractivity contribution in [2.75, 3.05) is 32.7 Å². The van der Waals surface area contributed by atoms with Crippen LogP contribution >= 0.6 is 0 Å². The van der Waals surface area contributed by atoms with Gasteiger partial charge in [-0.2, -0.15) is 0 Å². The van der Waals surface area contributed by atoms with Crippen molar-refractivity contribution in [2.45, 2.75) is 44.6 Å². The predicted octanol–water partition coefficient (Wildman–Crippen LogP) is 0.599. The van der Waals surface area contributed by atoms with E-state index in [1.54, 1.807) is 0 Å². The zero-order valence-electron chi connectivity index (χ0n) is 12.1. The van der Waals surface area contributed by atoms with Crippen molar-refractivity contribution in [2.24, 2.45) is 5.92 Å². The lowest BCUT2D eigenvalue weighted by molar-refractivity contribution is -0.147. The zero-order valence-corrected chi connectivity index (χ0v) is 12.1. The van der Waals surface area contributed by atoms with Gasteiger partial charge in [0.2, 0.25) is 11.8 Å². The van der Waals surface area contributed by atoms with Crippen LogP contribution in [-0.4, -0.2) is 60.4 Å². The standard InChI is InChI=1S/C15H25N3O2/c19-14-5-4-12-10-16-7-6-13(12)18(14)11-15(20)17-8-2-1-3-9-17/h12-13,16H,1-11H2. The summed E-state index contributed by atoms with van der Waals surface area (Å²) in [5.41, 5.74) is 0. The molecule has 0 radical (unpaired) electrons. The van der Waals surface area contributed by atoms with E-state index in [1.165, 1.54) is 6.42 Å². The van der Waals surface area contributed by atoms with Gasteiger partial charge in [0.05, 0.1) is 0 Å². The van der Waals surface area contributed by atoms with Gasteiger partial charge in [-0.05, 0) is 51.1 Å². The van der Waals surface area contributed by atoms with Crippen LogP contribution in [0.4, 0.5) is 0 Å². The predicted molar refractivity (Wildman–Crippen MR) is 76.1 cm³/mol. The van der Waals surface area contributed by atoms with Crippen molar-refractivity contribution < 1.29 is 9.59 Å². The minimum Gasteiger partial charge on any atom is -0.341 e. The third kappa shape index (κ3) is 2.82. The van der Waals surface area contributed by atoms with Gasteiger partial charge in [-0.25, -0.2) is 0 Å². The molecule has 2 amide bonds. The third-order valence-electron chi connectivity index (χ3n) is 5.03. The second-order valence-corrected chi connectivity index (χ2v) is 6.32. The molecule has 0 saturated carbocycles. The molecule has 2 unspecified atom stereocenters. The summed E-state index contributed by atoms with van der Waals surface area (Å²) < 4.78 is 0. The summed E-state index contributed by atoms with van der Waals surface area (Å²) in [6.07, 6.45) is 6.01. The first-order valence-corrected chi connectivity index (χ1v) is 8.03. The fourth-order valence-corrected chi connectivity index (χ4v) is 3.85. The number of nitrogens with zero attached hydrogens (tertiary/aromatic N) is 2. The highest BCUT2D eigenvalue weighted by Gasteiger charge is 2.38. The van der Waals surface area contributed by atoms with Crippen LogP contribution < -0.4 is 5.32 Å². The van der Waals surface area contributed by atoms with E-state index in [-0.39, 0.29) is 17.9 Å². The molecule has 0 spiro atoms. The average Bonchev–Trinajstić information content (AvgIpc) is 2.51. The van der Waals surface area contributed by atoms with Crippen LogP contribution in [0, 0.1) is 5.92 Å². The van der Waals surface area contributed by atoms with E-state index in [9.17, 15) is 9.59 Å². The van der Waals surface area contributed by atoms with E-state index in [4.69, 9.17) is 0 Å². The molecule has 3 saturated heterocycles. The molecule has 1 N–H and O–H groups in total. The minimum atomic E-state index is 0.150. The Morgan fingerprint density at radius 1 is 1.20 bits per heavy atom. The fraction of sp³-hybridized carbons (Fsp3) is 0.867. The Bertz CT molecular complexity index is 379. The summed E-state index contributed by atoms with van der Waals surface area (Å²) in [4.78, 5) is 28.4. The first-order valence-electron chi connectivity index (χ1n) is 8.03. The molecule has 3 aliphatic rings. The number of carbonyl (C=O) groups excluding carboxylic acids is 2. The molecular formula is C15H25N3O2. The van der Waals surface area contributed by atoms with Gasteiger partial charge < -0.3 is 15.1 Å². The van der Waals surface area contributed by atoms with Gasteiger partial charge in [0, 0.05) is 25.6 Å². The Morgan fingerprint density at radius 3 is 2.80 bits per heavy atom.